The van der Waals surface area contributed by atoms with E-state index in [1.165, 1.54) is 18.1 Å². The van der Waals surface area contributed by atoms with Gasteiger partial charge < -0.3 is 25.1 Å². The molecule has 1 aliphatic heterocycles. The molecule has 0 saturated heterocycles. The highest BCUT2D eigenvalue weighted by Gasteiger charge is 2.20. The lowest BCUT2D eigenvalue weighted by Crippen LogP contribution is -2.33. The van der Waals surface area contributed by atoms with Gasteiger partial charge in [-0.3, -0.25) is 10.0 Å². The third-order valence-electron chi connectivity index (χ3n) is 4.08. The van der Waals surface area contributed by atoms with E-state index in [0.29, 0.717) is 46.7 Å². The normalized spacial score (nSPS) is 12.5. The zero-order valence-electron chi connectivity index (χ0n) is 14.9. The number of nitrogens with zero attached hydrogens (tertiary/aromatic N) is 4. The number of anilines is 1. The lowest BCUT2D eigenvalue weighted by molar-refractivity contribution is -0.128. The molecule has 13 heteroatoms. The number of amides is 1. The molecule has 0 atom stereocenters. The number of halogens is 1. The first-order valence-electron chi connectivity index (χ1n) is 8.44. The minimum Gasteiger partial charge on any atom is -0.454 e. The van der Waals surface area contributed by atoms with E-state index in [2.05, 4.69) is 42.9 Å². The van der Waals surface area contributed by atoms with Crippen molar-refractivity contribution in [2.75, 3.05) is 25.6 Å². The summed E-state index contributed by atoms with van der Waals surface area (Å²) in [6, 6.07) is 3.83. The summed E-state index contributed by atoms with van der Waals surface area (Å²) in [5.74, 6) is 1.18. The number of rotatable bonds is 7. The lowest BCUT2D eigenvalue weighted by Gasteiger charge is -2.10. The van der Waals surface area contributed by atoms with Crippen molar-refractivity contribution in [1.29, 1.82) is 0 Å². The highest BCUT2D eigenvalue weighted by molar-refractivity contribution is 14.1. The molecule has 11 nitrogen and oxygen atoms in total. The molecule has 0 fully saturated rings. The highest BCUT2D eigenvalue weighted by atomic mass is 127. The fourth-order valence-corrected chi connectivity index (χ4v) is 4.43. The second-order valence-corrected chi connectivity index (χ2v) is 8.10. The summed E-state index contributed by atoms with van der Waals surface area (Å²) in [5.41, 5.74) is 8.67. The van der Waals surface area contributed by atoms with Crippen molar-refractivity contribution in [2.24, 2.45) is 0 Å². The molecule has 5 N–H and O–H groups in total. The molecule has 1 aliphatic rings. The summed E-state index contributed by atoms with van der Waals surface area (Å²) in [6.45, 7) is 1.13. The van der Waals surface area contributed by atoms with Crippen LogP contribution in [0, 0.1) is 3.57 Å². The van der Waals surface area contributed by atoms with Crippen LogP contribution in [-0.4, -0.2) is 50.5 Å². The molecule has 0 spiro atoms. The predicted molar refractivity (Wildman–Crippen MR) is 112 cm³/mol. The largest absolute Gasteiger partial charge is 0.454 e. The summed E-state index contributed by atoms with van der Waals surface area (Å²) >= 11 is 3.69. The predicted octanol–water partition coefficient (Wildman–Crippen LogP) is 0.988. The molecule has 0 aliphatic carbocycles. The van der Waals surface area contributed by atoms with Crippen LogP contribution in [0.3, 0.4) is 0 Å². The first-order chi connectivity index (χ1) is 14.1. The number of hydrogen-bond acceptors (Lipinski definition) is 10. The maximum absolute atomic E-state index is 11.2. The Hall–Kier alpha value is -2.36. The van der Waals surface area contributed by atoms with Gasteiger partial charge in [-0.2, -0.15) is 0 Å². The van der Waals surface area contributed by atoms with E-state index < -0.39 is 5.91 Å². The van der Waals surface area contributed by atoms with E-state index >= 15 is 0 Å². The Labute approximate surface area is 182 Å². The van der Waals surface area contributed by atoms with Gasteiger partial charge >= 0.3 is 0 Å². The topological polar surface area (TPSA) is 149 Å². The van der Waals surface area contributed by atoms with Crippen molar-refractivity contribution in [3.8, 4) is 11.5 Å². The third-order valence-corrected chi connectivity index (χ3v) is 6.39. The minimum absolute atomic E-state index is 0.0111. The Bertz CT molecular complexity index is 1080. The number of nitrogens with two attached hydrogens (primary N) is 1. The van der Waals surface area contributed by atoms with Gasteiger partial charge in [0.2, 0.25) is 6.79 Å². The summed E-state index contributed by atoms with van der Waals surface area (Å²) < 4.78 is 13.8. The van der Waals surface area contributed by atoms with Crippen LogP contribution >= 0.6 is 34.4 Å². The van der Waals surface area contributed by atoms with Gasteiger partial charge in [-0.25, -0.2) is 20.4 Å². The van der Waals surface area contributed by atoms with Crippen molar-refractivity contribution >= 4 is 57.2 Å². The van der Waals surface area contributed by atoms with Crippen LogP contribution in [0.4, 0.5) is 5.82 Å². The number of nitrogen functional groups attached to an aromatic ring is 1. The average Bonchev–Trinajstić information content (AvgIpc) is 3.30. The molecule has 0 unspecified atom stereocenters. The van der Waals surface area contributed by atoms with Crippen molar-refractivity contribution in [3.05, 3.63) is 22.0 Å². The van der Waals surface area contributed by atoms with E-state index in [1.54, 1.807) is 5.48 Å². The number of hydroxylamine groups is 1. The second kappa shape index (κ2) is 8.56. The van der Waals surface area contributed by atoms with Crippen LogP contribution in [-0.2, 0) is 11.3 Å². The molecule has 152 valence electrons. The maximum atomic E-state index is 11.2. The number of nitrogens with one attached hydrogen (secondary N) is 2. The molecule has 1 amide bonds. The molecule has 3 heterocycles. The van der Waals surface area contributed by atoms with E-state index in [-0.39, 0.29) is 13.3 Å². The minimum atomic E-state index is -0.517. The molecule has 0 radical (unpaired) electrons. The van der Waals surface area contributed by atoms with E-state index in [0.717, 1.165) is 8.47 Å². The first kappa shape index (κ1) is 19.9. The van der Waals surface area contributed by atoms with Gasteiger partial charge in [-0.15, -0.1) is 0 Å². The summed E-state index contributed by atoms with van der Waals surface area (Å²) in [4.78, 5) is 25.1. The summed E-state index contributed by atoms with van der Waals surface area (Å²) in [6.07, 6.45) is 1.39. The molecule has 0 bridgehead atoms. The van der Waals surface area contributed by atoms with Crippen LogP contribution < -0.4 is 26.0 Å². The number of ether oxygens (including phenoxy) is 2. The molecule has 0 saturated carbocycles. The molecule has 1 aromatic carbocycles. The maximum Gasteiger partial charge on any atom is 0.257 e. The third kappa shape index (κ3) is 4.17. The molecule has 4 rings (SSSR count). The van der Waals surface area contributed by atoms with Gasteiger partial charge in [-0.05, 0) is 34.7 Å². The molecule has 29 heavy (non-hydrogen) atoms. The van der Waals surface area contributed by atoms with Crippen LogP contribution in [0.5, 0.6) is 11.5 Å². The van der Waals surface area contributed by atoms with Crippen LogP contribution in [0.1, 0.15) is 0 Å². The summed E-state index contributed by atoms with van der Waals surface area (Å²) in [5, 5.41) is 12.2. The number of carbonyl (C=O) groups is 1. The summed E-state index contributed by atoms with van der Waals surface area (Å²) in [7, 11) is 0. The second-order valence-electron chi connectivity index (χ2n) is 5.93. The fourth-order valence-electron chi connectivity index (χ4n) is 2.72. The average molecular weight is 529 g/mol. The Morgan fingerprint density at radius 2 is 2.14 bits per heavy atom. The Morgan fingerprint density at radius 1 is 1.34 bits per heavy atom. The fraction of sp³-hybridized carbons (Fsp3) is 0.250. The zero-order valence-corrected chi connectivity index (χ0v) is 17.9. The number of hydrogen-bond donors (Lipinski definition) is 4. The Morgan fingerprint density at radius 3 is 2.93 bits per heavy atom. The number of carbonyl (C=O) groups excluding carboxylic acids is 1. The van der Waals surface area contributed by atoms with E-state index in [9.17, 15) is 4.79 Å². The van der Waals surface area contributed by atoms with Crippen LogP contribution in [0.25, 0.3) is 11.2 Å². The van der Waals surface area contributed by atoms with Gasteiger partial charge in [0.05, 0.1) is 6.54 Å². The van der Waals surface area contributed by atoms with E-state index in [1.807, 2.05) is 16.7 Å². The number of imidazole rings is 1. The van der Waals surface area contributed by atoms with Crippen molar-refractivity contribution in [2.45, 2.75) is 16.6 Å². The molecule has 2 aromatic heterocycles. The monoisotopic (exact) mass is 529 g/mol. The zero-order chi connectivity index (χ0) is 20.4. The van der Waals surface area contributed by atoms with Gasteiger partial charge in [0.1, 0.15) is 6.33 Å². The lowest BCUT2D eigenvalue weighted by atomic mass is 10.3. The van der Waals surface area contributed by atoms with Gasteiger partial charge in [0, 0.05) is 21.6 Å². The quantitative estimate of drug-likeness (QED) is 0.151. The Balaban J connectivity index is 1.63. The smallest absolute Gasteiger partial charge is 0.257 e. The van der Waals surface area contributed by atoms with Crippen molar-refractivity contribution in [1.82, 2.24) is 30.3 Å². The van der Waals surface area contributed by atoms with Gasteiger partial charge in [0.25, 0.3) is 5.91 Å². The standard InChI is InChI=1S/C16H16IN7O4S/c17-8-3-9-10(28-7-27-9)4-11(8)29-16-22-13-14(18)20-6-21-15(13)24(16)2-1-19-5-12(25)23-26/h3-4,6,19,26H,1-2,5,7H2,(H,23,25)(H2,18,20,21). The first-order valence-corrected chi connectivity index (χ1v) is 10.3. The van der Waals surface area contributed by atoms with Gasteiger partial charge in [-0.1, -0.05) is 11.8 Å². The number of benzene rings is 1. The van der Waals surface area contributed by atoms with E-state index in [4.69, 9.17) is 20.4 Å². The number of fused-ring (bicyclic) bond motifs is 2. The van der Waals surface area contributed by atoms with Crippen molar-refractivity contribution < 1.29 is 19.5 Å². The number of aromatic nitrogens is 4. The molecular formula is C16H16IN7O4S. The van der Waals surface area contributed by atoms with Crippen LogP contribution in [0.15, 0.2) is 28.5 Å². The Kier molecular flexibility index (Phi) is 5.89. The molecule has 3 aromatic rings. The van der Waals surface area contributed by atoms with Crippen LogP contribution in [0.2, 0.25) is 0 Å². The SMILES string of the molecule is Nc1ncnc2c1nc(Sc1cc3c(cc1I)OCO3)n2CCNCC(=O)NO. The molecular weight excluding hydrogens is 513 g/mol. The highest BCUT2D eigenvalue weighted by Crippen LogP contribution is 2.41. The van der Waals surface area contributed by atoms with Crippen molar-refractivity contribution in [3.63, 3.8) is 0 Å². The van der Waals surface area contributed by atoms with Gasteiger partial charge in [0.15, 0.2) is 33.6 Å².